The van der Waals surface area contributed by atoms with E-state index in [4.69, 9.17) is 4.74 Å². The normalized spacial score (nSPS) is 16.2. The number of carboxylic acid groups (broad SMARTS) is 1. The van der Waals surface area contributed by atoms with E-state index in [1.54, 1.807) is 57.2 Å². The number of carbonyl (C=O) groups excluding carboxylic acids is 9. The van der Waals surface area contributed by atoms with Gasteiger partial charge in [0.25, 0.3) is 23.6 Å². The largest absolute Gasteiger partial charge is 0.481 e. The Kier molecular flexibility index (Phi) is 28.2. The molecule has 86 heavy (non-hydrogen) atoms. The van der Waals surface area contributed by atoms with Gasteiger partial charge in [0.15, 0.2) is 12.1 Å². The molecule has 0 fully saturated rings. The number of hydrogen-bond donors (Lipinski definition) is 6. The summed E-state index contributed by atoms with van der Waals surface area (Å²) in [5, 5.41) is 26.1. The van der Waals surface area contributed by atoms with E-state index >= 15 is 0 Å². The van der Waals surface area contributed by atoms with Crippen LogP contribution in [0.3, 0.4) is 0 Å². The van der Waals surface area contributed by atoms with Gasteiger partial charge in [-0.3, -0.25) is 52.8 Å². The summed E-state index contributed by atoms with van der Waals surface area (Å²) in [5.41, 5.74) is 2.40. The number of esters is 1. The van der Waals surface area contributed by atoms with Crippen LogP contribution in [0.4, 0.5) is 5.69 Å². The zero-order valence-electron chi connectivity index (χ0n) is 52.6. The molecule has 3 aromatic rings. The number of benzene rings is 2. The third kappa shape index (κ3) is 21.6. The molecule has 4 rings (SSSR count). The minimum absolute atomic E-state index is 0.0821. The van der Waals surface area contributed by atoms with E-state index in [0.717, 1.165) is 40.2 Å². The van der Waals surface area contributed by atoms with E-state index in [1.807, 2.05) is 84.1 Å². The van der Waals surface area contributed by atoms with Gasteiger partial charge in [-0.2, -0.15) is 0 Å². The van der Waals surface area contributed by atoms with Crippen LogP contribution < -0.4 is 26.6 Å². The minimum atomic E-state index is -0.975. The highest BCUT2D eigenvalue weighted by atomic mass is 32.1. The number of quaternary nitrogens is 1. The Morgan fingerprint density at radius 2 is 1.40 bits per heavy atom. The fourth-order valence-corrected chi connectivity index (χ4v) is 11.2. The van der Waals surface area contributed by atoms with Crippen LogP contribution in [0.5, 0.6) is 0 Å². The number of aromatic nitrogens is 1. The van der Waals surface area contributed by atoms with E-state index in [1.165, 1.54) is 19.1 Å². The van der Waals surface area contributed by atoms with Gasteiger partial charge in [0, 0.05) is 74.2 Å². The second-order valence-electron chi connectivity index (χ2n) is 23.9. The fraction of sp³-hybridized carbons (Fsp3) is 0.578. The average Bonchev–Trinajstić information content (AvgIpc) is 2.14. The Bertz CT molecular complexity index is 2810. The molecule has 0 bridgehead atoms. The molecule has 2 heterocycles. The van der Waals surface area contributed by atoms with Crippen molar-refractivity contribution in [1.82, 2.24) is 36.1 Å². The highest BCUT2D eigenvalue weighted by molar-refractivity contribution is 7.09. The summed E-state index contributed by atoms with van der Waals surface area (Å²) < 4.78 is 6.17. The van der Waals surface area contributed by atoms with Crippen molar-refractivity contribution in [2.45, 2.75) is 189 Å². The van der Waals surface area contributed by atoms with Crippen LogP contribution >= 0.6 is 11.3 Å². The highest BCUT2D eigenvalue weighted by Crippen LogP contribution is 2.32. The summed E-state index contributed by atoms with van der Waals surface area (Å²) >= 11 is 1.14. The number of thiazole rings is 1. The van der Waals surface area contributed by atoms with Gasteiger partial charge >= 0.3 is 11.9 Å². The summed E-state index contributed by atoms with van der Waals surface area (Å²) in [5.74, 6) is -6.09. The summed E-state index contributed by atoms with van der Waals surface area (Å²) in [4.78, 5) is 138. The number of rotatable bonds is 36. The Hall–Kier alpha value is -7.33. The predicted octanol–water partition coefficient (Wildman–Crippen LogP) is 7.51. The van der Waals surface area contributed by atoms with Crippen LogP contribution in [0.15, 0.2) is 72.1 Å². The topological polar surface area (TPSA) is 280 Å². The lowest BCUT2D eigenvalue weighted by Gasteiger charge is -2.41. The number of unbranched alkanes of at least 4 members (excludes halogenated alkanes) is 3. The maximum Gasteiger partial charge on any atom is 0.306 e. The molecular formula is C64H94N9O12S+. The molecule has 10 atom stereocenters. The van der Waals surface area contributed by atoms with E-state index in [-0.39, 0.29) is 78.8 Å². The number of carbonyl (C=O) groups is 10. The molecule has 0 saturated carbocycles. The van der Waals surface area contributed by atoms with Crippen LogP contribution in [0.25, 0.3) is 0 Å². The number of nitrogens with one attached hydrogen (secondary N) is 5. The Morgan fingerprint density at radius 3 is 1.98 bits per heavy atom. The molecule has 21 nitrogen and oxygen atoms in total. The monoisotopic (exact) mass is 1210 g/mol. The molecule has 6 N–H and O–H groups in total. The average molecular weight is 1210 g/mol. The predicted molar refractivity (Wildman–Crippen MR) is 330 cm³/mol. The van der Waals surface area contributed by atoms with Crippen LogP contribution in [-0.2, 0) is 60.9 Å². The number of ether oxygens (including phenoxy) is 1. The maximum atomic E-state index is 14.8. The van der Waals surface area contributed by atoms with Gasteiger partial charge in [-0.25, -0.2) is 4.98 Å². The van der Waals surface area contributed by atoms with Crippen molar-refractivity contribution < 1.29 is 62.3 Å². The quantitative estimate of drug-likeness (QED) is 0.0143. The third-order valence-corrected chi connectivity index (χ3v) is 17.1. The molecule has 2 aromatic carbocycles. The molecule has 22 heteroatoms. The van der Waals surface area contributed by atoms with Crippen LogP contribution in [0, 0.1) is 23.7 Å². The molecule has 472 valence electrons. The first-order chi connectivity index (χ1) is 40.6. The first-order valence-corrected chi connectivity index (χ1v) is 31.1. The van der Waals surface area contributed by atoms with Gasteiger partial charge in [0.2, 0.25) is 23.6 Å². The number of anilines is 1. The second-order valence-corrected chi connectivity index (χ2v) is 24.8. The number of imide groups is 1. The minimum Gasteiger partial charge on any atom is -0.481 e. The Labute approximate surface area is 511 Å². The molecule has 1 unspecified atom stereocenters. The van der Waals surface area contributed by atoms with Crippen molar-refractivity contribution >= 4 is 76.2 Å². The zero-order valence-corrected chi connectivity index (χ0v) is 53.4. The first-order valence-electron chi connectivity index (χ1n) is 30.2. The van der Waals surface area contributed by atoms with Crippen LogP contribution in [-0.4, -0.2) is 147 Å². The number of nitrogens with zero attached hydrogens (tertiary/aromatic N) is 4. The molecule has 0 saturated heterocycles. The van der Waals surface area contributed by atoms with Crippen molar-refractivity contribution in [3.05, 3.63) is 94.0 Å². The van der Waals surface area contributed by atoms with Crippen LogP contribution in [0.1, 0.15) is 167 Å². The Morgan fingerprint density at radius 1 is 0.744 bits per heavy atom. The van der Waals surface area contributed by atoms with Crippen molar-refractivity contribution in [2.75, 3.05) is 32.5 Å². The molecular weight excluding hydrogens is 1120 g/mol. The van der Waals surface area contributed by atoms with Gasteiger partial charge in [-0.15, -0.1) is 11.3 Å². The molecule has 0 aliphatic carbocycles. The number of amides is 8. The SMILES string of the molecule is CCCC[N+](C)(Cc1ccc(NC(=O)[C@H](C)NC(=O)[C@@H](NC(=O)CCCCCN2C(=O)C=CC2=O)C(C)C)cc1)[C@H](C)C(=O)N[C@H](C(=O)N(C)[C@H](C[C@@H](OC(C)=O)c1nc(C(=O)N[C@@H](Cc2ccccc2)C[C@H](C)C(=O)O)cs1)C(C)C)[C@@H](C)CC. The second kappa shape index (κ2) is 34.1. The highest BCUT2D eigenvalue weighted by Gasteiger charge is 2.40. The summed E-state index contributed by atoms with van der Waals surface area (Å²) in [6.07, 6.45) is 6.34. The lowest BCUT2D eigenvalue weighted by Crippen LogP contribution is -2.61. The molecule has 1 aliphatic rings. The third-order valence-electron chi connectivity index (χ3n) is 16.2. The smallest absolute Gasteiger partial charge is 0.306 e. The van der Waals surface area contributed by atoms with Gasteiger partial charge in [-0.05, 0) is 81.4 Å². The first kappa shape index (κ1) is 71.2. The van der Waals surface area contributed by atoms with Gasteiger partial charge in [0.05, 0.1) is 19.5 Å². The van der Waals surface area contributed by atoms with E-state index in [0.29, 0.717) is 60.4 Å². The van der Waals surface area contributed by atoms with Crippen molar-refractivity contribution in [3.63, 3.8) is 0 Å². The summed E-state index contributed by atoms with van der Waals surface area (Å²) in [6, 6.07) is 12.3. The summed E-state index contributed by atoms with van der Waals surface area (Å²) in [6.45, 7) is 21.1. The van der Waals surface area contributed by atoms with Crippen molar-refractivity contribution in [2.24, 2.45) is 23.7 Å². The van der Waals surface area contributed by atoms with Gasteiger partial charge in [0.1, 0.15) is 35.4 Å². The number of carboxylic acids is 1. The van der Waals surface area contributed by atoms with Crippen LogP contribution in [0.2, 0.25) is 0 Å². The molecule has 8 amide bonds. The maximum absolute atomic E-state index is 14.8. The van der Waals surface area contributed by atoms with E-state index < -0.39 is 77.9 Å². The fourth-order valence-electron chi connectivity index (χ4n) is 10.4. The van der Waals surface area contributed by atoms with Crippen molar-refractivity contribution in [3.8, 4) is 0 Å². The zero-order chi connectivity index (χ0) is 64.0. The molecule has 1 aliphatic heterocycles. The number of aliphatic carboxylic acids is 1. The van der Waals surface area contributed by atoms with E-state index in [9.17, 15) is 53.1 Å². The molecule has 0 spiro atoms. The van der Waals surface area contributed by atoms with E-state index in [2.05, 4.69) is 38.5 Å². The van der Waals surface area contributed by atoms with Gasteiger partial charge in [-0.1, -0.05) is 117 Å². The lowest BCUT2D eigenvalue weighted by molar-refractivity contribution is -0.935. The lowest BCUT2D eigenvalue weighted by atomic mass is 9.92. The molecule has 1 aromatic heterocycles. The standard InChI is InChI=1S/C64H93N9O12S/c1-14-16-33-73(13,37-47-26-28-48(29-27-47)66-58(78)43(9)65-61(81)56(40(5)6)69-53(75)25-21-18-22-32-72-54(76)30-31-55(72)77)44(10)59(79)70-57(41(7)15-2)63(82)71(12)51(39(3)4)36-52(85-45(11)74)62-68-50(38-86-62)60(80)67-49(34-42(8)64(83)84)35-46-23-19-17-20-24-46/h17,19-20,23-24,26-31,38-44,49,51-52,56-57H,14-16,18,21-22,25,32-37H2,1-13H3,(H5-,65,66,67,69,70,75,78,79,80,81,83,84)/p+1/t41-,42-,43-,44+,49+,51+,52+,56-,57-,73?/m0/s1. The molecule has 0 radical (unpaired) electrons. The van der Waals surface area contributed by atoms with Crippen molar-refractivity contribution in [1.29, 1.82) is 0 Å². The summed E-state index contributed by atoms with van der Waals surface area (Å²) in [7, 11) is 3.70. The Balaban J connectivity index is 1.41. The number of likely N-dealkylation sites (N-methyl/N-ethyl adjacent to an activating group) is 2. The van der Waals surface area contributed by atoms with Gasteiger partial charge < -0.3 is 45.8 Å². The number of hydrogen-bond acceptors (Lipinski definition) is 13.